The molecule has 10 heteroatoms. The molecule has 0 unspecified atom stereocenters. The minimum atomic E-state index is -1.28. The number of nitrogens with two attached hydrogens (primary N) is 1. The average molecular weight is 481 g/mol. The Labute approximate surface area is 193 Å². The lowest BCUT2D eigenvalue weighted by atomic mass is 10.0. The van der Waals surface area contributed by atoms with E-state index in [-0.39, 0.29) is 24.9 Å². The van der Waals surface area contributed by atoms with Crippen LogP contribution in [0.2, 0.25) is 9.36 Å². The van der Waals surface area contributed by atoms with Crippen LogP contribution in [0.25, 0.3) is 10.2 Å². The lowest BCUT2D eigenvalue weighted by Crippen LogP contribution is -2.49. The normalized spacial score (nSPS) is 18.7. The predicted octanol–water partition coefficient (Wildman–Crippen LogP) is 2.64. The van der Waals surface area contributed by atoms with E-state index in [2.05, 4.69) is 10.3 Å². The summed E-state index contributed by atoms with van der Waals surface area (Å²) < 4.78 is 1.41. The molecule has 0 saturated heterocycles. The van der Waals surface area contributed by atoms with Crippen LogP contribution in [-0.4, -0.2) is 52.5 Å². The molecule has 5 N–H and O–H groups in total. The SMILES string of the molecule is CN(C(=O)[C@@H](O)CN)[C@@H]1c2ccccc2C[C@H]1NC(=O)Cc1cc2sc(Cl)c(Cl)c2[nH]1. The maximum atomic E-state index is 12.8. The molecule has 2 amide bonds. The number of halogens is 2. The summed E-state index contributed by atoms with van der Waals surface area (Å²) in [5.41, 5.74) is 8.93. The van der Waals surface area contributed by atoms with Gasteiger partial charge in [-0.15, -0.1) is 11.3 Å². The highest BCUT2D eigenvalue weighted by atomic mass is 35.5. The van der Waals surface area contributed by atoms with Crippen molar-refractivity contribution in [3.05, 3.63) is 56.5 Å². The highest BCUT2D eigenvalue weighted by molar-refractivity contribution is 7.23. The van der Waals surface area contributed by atoms with Gasteiger partial charge in [-0.2, -0.15) is 0 Å². The second-order valence-corrected chi connectivity index (χ2v) is 9.66. The van der Waals surface area contributed by atoms with E-state index in [1.807, 2.05) is 30.3 Å². The average Bonchev–Trinajstić information content (AvgIpc) is 3.38. The third-order valence-electron chi connectivity index (χ3n) is 5.59. The Morgan fingerprint density at radius 1 is 1.39 bits per heavy atom. The summed E-state index contributed by atoms with van der Waals surface area (Å²) in [5, 5.41) is 13.4. The number of amides is 2. The summed E-state index contributed by atoms with van der Waals surface area (Å²) in [4.78, 5) is 30.0. The first-order valence-electron chi connectivity index (χ1n) is 9.77. The van der Waals surface area contributed by atoms with Crippen LogP contribution in [0.1, 0.15) is 22.9 Å². The zero-order chi connectivity index (χ0) is 22.3. The summed E-state index contributed by atoms with van der Waals surface area (Å²) >= 11 is 13.6. The van der Waals surface area contributed by atoms with Crippen molar-refractivity contribution in [1.29, 1.82) is 0 Å². The molecule has 1 aromatic carbocycles. The number of aliphatic hydroxyl groups is 1. The maximum Gasteiger partial charge on any atom is 0.253 e. The van der Waals surface area contributed by atoms with Gasteiger partial charge >= 0.3 is 0 Å². The van der Waals surface area contributed by atoms with Crippen LogP contribution in [0.5, 0.6) is 0 Å². The number of H-pyrrole nitrogens is 1. The largest absolute Gasteiger partial charge is 0.382 e. The van der Waals surface area contributed by atoms with Crippen LogP contribution < -0.4 is 11.1 Å². The molecule has 3 aromatic rings. The van der Waals surface area contributed by atoms with Gasteiger partial charge in [-0.1, -0.05) is 47.5 Å². The zero-order valence-electron chi connectivity index (χ0n) is 16.7. The molecule has 0 saturated carbocycles. The van der Waals surface area contributed by atoms with Gasteiger partial charge in [-0.05, 0) is 23.6 Å². The van der Waals surface area contributed by atoms with Gasteiger partial charge in [0.25, 0.3) is 5.91 Å². The van der Waals surface area contributed by atoms with Gasteiger partial charge in [0.05, 0.1) is 33.7 Å². The number of nitrogens with one attached hydrogen (secondary N) is 2. The smallest absolute Gasteiger partial charge is 0.253 e. The molecule has 0 fully saturated rings. The molecule has 0 aliphatic heterocycles. The number of aromatic nitrogens is 1. The van der Waals surface area contributed by atoms with E-state index >= 15 is 0 Å². The number of hydrogen-bond donors (Lipinski definition) is 4. The number of hydrogen-bond acceptors (Lipinski definition) is 5. The second-order valence-electron chi connectivity index (χ2n) is 7.62. The summed E-state index contributed by atoms with van der Waals surface area (Å²) in [6, 6.07) is 8.90. The number of aliphatic hydroxyl groups excluding tert-OH is 1. The molecule has 2 aromatic heterocycles. The second kappa shape index (κ2) is 8.80. The Morgan fingerprint density at radius 3 is 2.84 bits per heavy atom. The molecule has 3 atom stereocenters. The van der Waals surface area contributed by atoms with E-state index in [4.69, 9.17) is 28.9 Å². The Morgan fingerprint density at radius 2 is 2.13 bits per heavy atom. The fourth-order valence-electron chi connectivity index (χ4n) is 4.15. The summed E-state index contributed by atoms with van der Waals surface area (Å²) in [5.74, 6) is -0.654. The number of likely N-dealkylation sites (N-methyl/N-ethyl adjacent to an activating group) is 1. The topological polar surface area (TPSA) is 111 Å². The van der Waals surface area contributed by atoms with Crippen LogP contribution >= 0.6 is 34.5 Å². The van der Waals surface area contributed by atoms with Crippen LogP contribution in [0, 0.1) is 0 Å². The molecule has 2 heterocycles. The van der Waals surface area contributed by atoms with Crippen molar-refractivity contribution in [3.8, 4) is 0 Å². The number of aromatic amines is 1. The summed E-state index contributed by atoms with van der Waals surface area (Å²) in [6.45, 7) is -0.162. The van der Waals surface area contributed by atoms with Crippen molar-refractivity contribution in [2.45, 2.75) is 31.0 Å². The van der Waals surface area contributed by atoms with E-state index in [0.29, 0.717) is 15.8 Å². The molecule has 7 nitrogen and oxygen atoms in total. The van der Waals surface area contributed by atoms with Gasteiger partial charge in [0.2, 0.25) is 5.91 Å². The fourth-order valence-corrected chi connectivity index (χ4v) is 5.66. The molecule has 164 valence electrons. The highest BCUT2D eigenvalue weighted by Gasteiger charge is 2.39. The Bertz CT molecular complexity index is 1150. The van der Waals surface area contributed by atoms with Crippen molar-refractivity contribution >= 4 is 56.6 Å². The minimum absolute atomic E-state index is 0.137. The van der Waals surface area contributed by atoms with Crippen molar-refractivity contribution in [2.24, 2.45) is 5.73 Å². The zero-order valence-corrected chi connectivity index (χ0v) is 19.0. The molecular formula is C21H22Cl2N4O3S. The number of benzene rings is 1. The first-order valence-corrected chi connectivity index (χ1v) is 11.3. The molecule has 4 rings (SSSR count). The van der Waals surface area contributed by atoms with E-state index in [0.717, 1.165) is 27.0 Å². The molecule has 1 aliphatic rings. The third kappa shape index (κ3) is 4.18. The maximum absolute atomic E-state index is 12.8. The number of carbonyl (C=O) groups excluding carboxylic acids is 2. The van der Waals surface area contributed by atoms with Crippen LogP contribution in [-0.2, 0) is 22.4 Å². The molecule has 0 spiro atoms. The van der Waals surface area contributed by atoms with E-state index < -0.39 is 18.1 Å². The lowest BCUT2D eigenvalue weighted by Gasteiger charge is -2.32. The minimum Gasteiger partial charge on any atom is -0.382 e. The van der Waals surface area contributed by atoms with Crippen LogP contribution in [0.15, 0.2) is 30.3 Å². The summed E-state index contributed by atoms with van der Waals surface area (Å²) in [6.07, 6.45) is -0.556. The monoisotopic (exact) mass is 480 g/mol. The van der Waals surface area contributed by atoms with Crippen LogP contribution in [0.3, 0.4) is 0 Å². The van der Waals surface area contributed by atoms with Crippen molar-refractivity contribution < 1.29 is 14.7 Å². The Hall–Kier alpha value is -2.10. The molecule has 0 radical (unpaired) electrons. The molecular weight excluding hydrogens is 459 g/mol. The Balaban J connectivity index is 1.52. The predicted molar refractivity (Wildman–Crippen MR) is 123 cm³/mol. The first kappa shape index (κ1) is 22.1. The lowest BCUT2D eigenvalue weighted by molar-refractivity contribution is -0.141. The Kier molecular flexibility index (Phi) is 6.27. The highest BCUT2D eigenvalue weighted by Crippen LogP contribution is 2.39. The van der Waals surface area contributed by atoms with Gasteiger partial charge < -0.3 is 26.0 Å². The molecule has 31 heavy (non-hydrogen) atoms. The van der Waals surface area contributed by atoms with Gasteiger partial charge in [0.1, 0.15) is 10.4 Å². The quantitative estimate of drug-likeness (QED) is 0.434. The van der Waals surface area contributed by atoms with Gasteiger partial charge in [-0.25, -0.2) is 0 Å². The van der Waals surface area contributed by atoms with E-state index in [1.165, 1.54) is 16.2 Å². The van der Waals surface area contributed by atoms with Gasteiger partial charge in [0, 0.05) is 19.3 Å². The number of carbonyl (C=O) groups is 2. The van der Waals surface area contributed by atoms with Crippen molar-refractivity contribution in [1.82, 2.24) is 15.2 Å². The molecule has 0 bridgehead atoms. The number of fused-ring (bicyclic) bond motifs is 2. The number of thiophene rings is 1. The number of rotatable bonds is 6. The molecule has 1 aliphatic carbocycles. The van der Waals surface area contributed by atoms with Gasteiger partial charge in [-0.3, -0.25) is 9.59 Å². The third-order valence-corrected chi connectivity index (χ3v) is 7.53. The number of nitrogens with zero attached hydrogens (tertiary/aromatic N) is 1. The van der Waals surface area contributed by atoms with E-state index in [9.17, 15) is 14.7 Å². The van der Waals surface area contributed by atoms with Gasteiger partial charge in [0.15, 0.2) is 0 Å². The van der Waals surface area contributed by atoms with Crippen LogP contribution in [0.4, 0.5) is 0 Å². The summed E-state index contributed by atoms with van der Waals surface area (Å²) in [7, 11) is 1.62. The standard InChI is InChI=1S/C21H22Cl2N4O3S/c1-27(21(30)14(28)9-24)19-12-5-3-2-4-10(12)6-13(19)26-16(29)8-11-7-15-18(25-11)17(22)20(23)31-15/h2-5,7,13-14,19,25,28H,6,8-9,24H2,1H3,(H,26,29)/t13-,14+,19-/m1/s1. The fraction of sp³-hybridized carbons (Fsp3) is 0.333. The van der Waals surface area contributed by atoms with Crippen molar-refractivity contribution in [2.75, 3.05) is 13.6 Å². The van der Waals surface area contributed by atoms with Crippen molar-refractivity contribution in [3.63, 3.8) is 0 Å². The van der Waals surface area contributed by atoms with E-state index in [1.54, 1.807) is 7.05 Å². The first-order chi connectivity index (χ1) is 14.8.